The molecule has 1 aliphatic carbocycles. The van der Waals surface area contributed by atoms with Gasteiger partial charge in [-0.25, -0.2) is 0 Å². The van der Waals surface area contributed by atoms with Crippen LogP contribution in [0.15, 0.2) is 54.6 Å². The van der Waals surface area contributed by atoms with Crippen LogP contribution in [0, 0.1) is 0 Å². The highest BCUT2D eigenvalue weighted by atomic mass is 35.5. The molecule has 2 aromatic carbocycles. The summed E-state index contributed by atoms with van der Waals surface area (Å²) in [4.78, 5) is 12.7. The van der Waals surface area contributed by atoms with Crippen LogP contribution in [-0.2, 0) is 10.2 Å². The molecule has 1 atom stereocenters. The summed E-state index contributed by atoms with van der Waals surface area (Å²) in [5.74, 6) is -0.221. The van der Waals surface area contributed by atoms with E-state index < -0.39 is 9.75 Å². The third-order valence-electron chi connectivity index (χ3n) is 3.72. The van der Waals surface area contributed by atoms with Crippen LogP contribution in [0.3, 0.4) is 0 Å². The second-order valence-corrected chi connectivity index (χ2v) is 7.04. The van der Waals surface area contributed by atoms with Gasteiger partial charge < -0.3 is 5.32 Å². The summed E-state index contributed by atoms with van der Waals surface area (Å²) in [7, 11) is 0. The van der Waals surface area contributed by atoms with E-state index in [1.807, 2.05) is 30.3 Å². The first-order valence-electron chi connectivity index (χ1n) is 6.46. The van der Waals surface area contributed by atoms with Crippen molar-refractivity contribution < 1.29 is 4.79 Å². The molecule has 2 nitrogen and oxygen atoms in total. The Labute approximate surface area is 138 Å². The molecular formula is C16H12Cl3NO. The number of carbonyl (C=O) groups is 1. The number of alkyl halides is 2. The number of anilines is 1. The van der Waals surface area contributed by atoms with Gasteiger partial charge in [0.25, 0.3) is 0 Å². The van der Waals surface area contributed by atoms with Crippen molar-refractivity contribution >= 4 is 46.4 Å². The van der Waals surface area contributed by atoms with E-state index in [2.05, 4.69) is 5.32 Å². The van der Waals surface area contributed by atoms with Gasteiger partial charge >= 0.3 is 0 Å². The molecule has 0 spiro atoms. The molecule has 1 fully saturated rings. The average Bonchev–Trinajstić information content (AvgIpc) is 3.04. The number of hydrogen-bond donors (Lipinski definition) is 1. The van der Waals surface area contributed by atoms with Crippen molar-refractivity contribution in [1.29, 1.82) is 0 Å². The normalized spacial score (nSPS) is 22.6. The first-order valence-corrected chi connectivity index (χ1v) is 7.59. The van der Waals surface area contributed by atoms with Gasteiger partial charge in [-0.1, -0.05) is 48.0 Å². The average molecular weight is 341 g/mol. The summed E-state index contributed by atoms with van der Waals surface area (Å²) < 4.78 is -1.09. The highest BCUT2D eigenvalue weighted by Crippen LogP contribution is 2.65. The molecule has 3 rings (SSSR count). The molecule has 5 heteroatoms. The molecule has 1 amide bonds. The zero-order valence-corrected chi connectivity index (χ0v) is 13.2. The zero-order valence-electron chi connectivity index (χ0n) is 10.9. The minimum atomic E-state index is -1.09. The van der Waals surface area contributed by atoms with Crippen LogP contribution in [0.2, 0.25) is 5.02 Å². The largest absolute Gasteiger partial charge is 0.325 e. The lowest BCUT2D eigenvalue weighted by Crippen LogP contribution is -2.32. The molecule has 108 valence electrons. The van der Waals surface area contributed by atoms with Crippen molar-refractivity contribution in [2.45, 2.75) is 16.2 Å². The lowest BCUT2D eigenvalue weighted by Gasteiger charge is -2.18. The minimum Gasteiger partial charge on any atom is -0.325 e. The highest BCUT2D eigenvalue weighted by Gasteiger charge is 2.72. The van der Waals surface area contributed by atoms with Crippen molar-refractivity contribution in [2.75, 3.05) is 5.32 Å². The third kappa shape index (κ3) is 2.52. The SMILES string of the molecule is O=C(Nc1cccc(Cl)c1)C1(c2ccccc2)CC1(Cl)Cl. The van der Waals surface area contributed by atoms with Crippen LogP contribution < -0.4 is 5.32 Å². The second-order valence-electron chi connectivity index (χ2n) is 5.12. The maximum atomic E-state index is 12.7. The number of benzene rings is 2. The Morgan fingerprint density at radius 3 is 2.29 bits per heavy atom. The molecular weight excluding hydrogens is 329 g/mol. The predicted octanol–water partition coefficient (Wildman–Crippen LogP) is 4.79. The summed E-state index contributed by atoms with van der Waals surface area (Å²) in [5, 5.41) is 3.40. The summed E-state index contributed by atoms with van der Waals surface area (Å²) in [6, 6.07) is 16.3. The fourth-order valence-electron chi connectivity index (χ4n) is 2.51. The van der Waals surface area contributed by atoms with Crippen molar-refractivity contribution in [1.82, 2.24) is 0 Å². The van der Waals surface area contributed by atoms with Gasteiger partial charge in [-0.15, -0.1) is 23.2 Å². The van der Waals surface area contributed by atoms with Gasteiger partial charge in [0, 0.05) is 17.1 Å². The van der Waals surface area contributed by atoms with Crippen LogP contribution >= 0.6 is 34.8 Å². The molecule has 0 saturated heterocycles. The molecule has 0 aliphatic heterocycles. The van der Waals surface area contributed by atoms with E-state index in [0.717, 1.165) is 5.56 Å². The maximum Gasteiger partial charge on any atom is 0.238 e. The number of halogens is 3. The van der Waals surface area contributed by atoms with Gasteiger partial charge in [-0.2, -0.15) is 0 Å². The quantitative estimate of drug-likeness (QED) is 0.799. The van der Waals surface area contributed by atoms with Crippen molar-refractivity contribution in [3.63, 3.8) is 0 Å². The minimum absolute atomic E-state index is 0.221. The monoisotopic (exact) mass is 339 g/mol. The van der Waals surface area contributed by atoms with Crippen LogP contribution in [0.1, 0.15) is 12.0 Å². The van der Waals surface area contributed by atoms with Crippen LogP contribution in [0.25, 0.3) is 0 Å². The molecule has 0 bridgehead atoms. The van der Waals surface area contributed by atoms with Crippen molar-refractivity contribution in [2.24, 2.45) is 0 Å². The molecule has 0 aromatic heterocycles. The molecule has 1 saturated carbocycles. The fraction of sp³-hybridized carbons (Fsp3) is 0.188. The maximum absolute atomic E-state index is 12.7. The van der Waals surface area contributed by atoms with E-state index in [9.17, 15) is 4.79 Å². The lowest BCUT2D eigenvalue weighted by atomic mass is 9.94. The fourth-order valence-corrected chi connectivity index (χ4v) is 3.49. The number of amides is 1. The first kappa shape index (κ1) is 14.7. The smallest absolute Gasteiger partial charge is 0.238 e. The Morgan fingerprint density at radius 2 is 1.71 bits per heavy atom. The van der Waals surface area contributed by atoms with Gasteiger partial charge in [-0.3, -0.25) is 4.79 Å². The van der Waals surface area contributed by atoms with E-state index >= 15 is 0 Å². The van der Waals surface area contributed by atoms with Gasteiger partial charge in [0.15, 0.2) is 0 Å². The Hall–Kier alpha value is -1.22. The van der Waals surface area contributed by atoms with E-state index in [1.165, 1.54) is 0 Å². The predicted molar refractivity (Wildman–Crippen MR) is 87.3 cm³/mol. The topological polar surface area (TPSA) is 29.1 Å². The summed E-state index contributed by atoms with van der Waals surface area (Å²) in [5.41, 5.74) is 0.521. The summed E-state index contributed by atoms with van der Waals surface area (Å²) in [6.07, 6.45) is 0.388. The number of hydrogen-bond acceptors (Lipinski definition) is 1. The van der Waals surface area contributed by atoms with E-state index in [1.54, 1.807) is 24.3 Å². The Bertz CT molecular complexity index is 687. The number of carbonyl (C=O) groups excluding carboxylic acids is 1. The molecule has 1 N–H and O–H groups in total. The third-order valence-corrected chi connectivity index (χ3v) is 4.87. The van der Waals surface area contributed by atoms with Gasteiger partial charge in [0.05, 0.1) is 0 Å². The number of rotatable bonds is 3. The van der Waals surface area contributed by atoms with Gasteiger partial charge in [0.2, 0.25) is 5.91 Å². The Balaban J connectivity index is 1.91. The Kier molecular flexibility index (Phi) is 3.64. The molecule has 1 unspecified atom stereocenters. The van der Waals surface area contributed by atoms with E-state index in [4.69, 9.17) is 34.8 Å². The van der Waals surface area contributed by atoms with E-state index in [-0.39, 0.29) is 5.91 Å². The molecule has 0 radical (unpaired) electrons. The molecule has 1 aliphatic rings. The van der Waals surface area contributed by atoms with Gasteiger partial charge in [0.1, 0.15) is 9.75 Å². The molecule has 2 aromatic rings. The number of nitrogens with one attached hydrogen (secondary N) is 1. The van der Waals surface area contributed by atoms with Crippen molar-refractivity contribution in [3.05, 3.63) is 65.2 Å². The standard InChI is InChI=1S/C16H12Cl3NO/c17-12-7-4-8-13(9-12)20-14(21)15(10-16(15,18)19)11-5-2-1-3-6-11/h1-9H,10H2,(H,20,21). The Morgan fingerprint density at radius 1 is 1.05 bits per heavy atom. The summed E-state index contributed by atoms with van der Waals surface area (Å²) in [6.45, 7) is 0. The van der Waals surface area contributed by atoms with Crippen LogP contribution in [-0.4, -0.2) is 10.2 Å². The first-order chi connectivity index (χ1) is 9.96. The zero-order chi connectivity index (χ0) is 15.1. The van der Waals surface area contributed by atoms with Crippen molar-refractivity contribution in [3.8, 4) is 0 Å². The highest BCUT2D eigenvalue weighted by molar-refractivity contribution is 6.54. The summed E-state index contributed by atoms with van der Waals surface area (Å²) >= 11 is 18.5. The van der Waals surface area contributed by atoms with Crippen LogP contribution in [0.5, 0.6) is 0 Å². The lowest BCUT2D eigenvalue weighted by molar-refractivity contribution is -0.118. The van der Waals surface area contributed by atoms with E-state index in [0.29, 0.717) is 17.1 Å². The van der Waals surface area contributed by atoms with Crippen LogP contribution in [0.4, 0.5) is 5.69 Å². The van der Waals surface area contributed by atoms with Gasteiger partial charge in [-0.05, 0) is 23.8 Å². The molecule has 21 heavy (non-hydrogen) atoms. The molecule has 0 heterocycles. The second kappa shape index (κ2) is 5.20.